The van der Waals surface area contributed by atoms with Gasteiger partial charge in [-0.25, -0.2) is 0 Å². The number of hydrogen-bond donors (Lipinski definition) is 2. The van der Waals surface area contributed by atoms with E-state index >= 15 is 0 Å². The average molecular weight is 254 g/mol. The van der Waals surface area contributed by atoms with Crippen molar-refractivity contribution in [2.24, 2.45) is 11.8 Å². The van der Waals surface area contributed by atoms with Gasteiger partial charge in [0.15, 0.2) is 0 Å². The molecule has 3 atom stereocenters. The number of carbonyl (C=O) groups is 1. The Morgan fingerprint density at radius 3 is 2.71 bits per heavy atom. The molecule has 1 fully saturated rings. The summed E-state index contributed by atoms with van der Waals surface area (Å²) < 4.78 is 0. The van der Waals surface area contributed by atoms with Gasteiger partial charge in [-0.3, -0.25) is 4.79 Å². The SMILES string of the molecule is Cc1cc(C(O)C2CCCC2C(=O)O)c(C)s1. The van der Waals surface area contributed by atoms with Gasteiger partial charge in [0.05, 0.1) is 12.0 Å². The minimum atomic E-state index is -0.767. The van der Waals surface area contributed by atoms with Crippen LogP contribution in [0.15, 0.2) is 6.07 Å². The predicted octanol–water partition coefficient (Wildman–Crippen LogP) is 2.90. The van der Waals surface area contributed by atoms with E-state index in [2.05, 4.69) is 0 Å². The van der Waals surface area contributed by atoms with E-state index in [4.69, 9.17) is 5.11 Å². The van der Waals surface area contributed by atoms with Crippen LogP contribution in [-0.2, 0) is 4.79 Å². The average Bonchev–Trinajstić information content (AvgIpc) is 2.83. The van der Waals surface area contributed by atoms with E-state index < -0.39 is 12.1 Å². The molecule has 0 spiro atoms. The molecule has 0 aliphatic heterocycles. The summed E-state index contributed by atoms with van der Waals surface area (Å²) >= 11 is 1.66. The van der Waals surface area contributed by atoms with Crippen LogP contribution in [0.3, 0.4) is 0 Å². The lowest BCUT2D eigenvalue weighted by molar-refractivity contribution is -0.144. The Morgan fingerprint density at radius 2 is 2.18 bits per heavy atom. The third-order valence-electron chi connectivity index (χ3n) is 3.69. The molecule has 1 aromatic heterocycles. The van der Waals surface area contributed by atoms with Crippen LogP contribution in [0.25, 0.3) is 0 Å². The van der Waals surface area contributed by atoms with Crippen molar-refractivity contribution in [3.63, 3.8) is 0 Å². The summed E-state index contributed by atoms with van der Waals surface area (Å²) in [6, 6.07) is 1.99. The molecular weight excluding hydrogens is 236 g/mol. The number of hydrogen-bond acceptors (Lipinski definition) is 3. The fraction of sp³-hybridized carbons (Fsp3) is 0.615. The number of rotatable bonds is 3. The van der Waals surface area contributed by atoms with Gasteiger partial charge in [-0.05, 0) is 38.3 Å². The molecule has 3 unspecified atom stereocenters. The molecule has 2 rings (SSSR count). The minimum absolute atomic E-state index is 0.125. The van der Waals surface area contributed by atoms with Crippen LogP contribution in [0, 0.1) is 25.7 Å². The lowest BCUT2D eigenvalue weighted by Crippen LogP contribution is -2.23. The van der Waals surface area contributed by atoms with Crippen LogP contribution >= 0.6 is 11.3 Å². The second-order valence-electron chi connectivity index (χ2n) is 4.85. The number of aliphatic carboxylic acids is 1. The van der Waals surface area contributed by atoms with Crippen molar-refractivity contribution in [2.75, 3.05) is 0 Å². The summed E-state index contributed by atoms with van der Waals surface area (Å²) in [5.74, 6) is -1.28. The monoisotopic (exact) mass is 254 g/mol. The molecule has 4 heteroatoms. The third kappa shape index (κ3) is 2.38. The van der Waals surface area contributed by atoms with Gasteiger partial charge in [0, 0.05) is 15.7 Å². The van der Waals surface area contributed by atoms with E-state index in [9.17, 15) is 9.90 Å². The molecule has 0 radical (unpaired) electrons. The van der Waals surface area contributed by atoms with Gasteiger partial charge in [0.2, 0.25) is 0 Å². The Morgan fingerprint density at radius 1 is 1.47 bits per heavy atom. The number of aliphatic hydroxyl groups excluding tert-OH is 1. The zero-order chi connectivity index (χ0) is 12.6. The van der Waals surface area contributed by atoms with Crippen LogP contribution in [0.1, 0.15) is 40.7 Å². The molecule has 1 aromatic rings. The van der Waals surface area contributed by atoms with Crippen molar-refractivity contribution in [3.05, 3.63) is 21.4 Å². The summed E-state index contributed by atoms with van der Waals surface area (Å²) in [6.07, 6.45) is 1.79. The third-order valence-corrected chi connectivity index (χ3v) is 4.67. The maximum atomic E-state index is 11.1. The quantitative estimate of drug-likeness (QED) is 0.872. The van der Waals surface area contributed by atoms with Gasteiger partial charge < -0.3 is 10.2 Å². The Bertz CT molecular complexity index is 424. The first-order chi connectivity index (χ1) is 8.00. The number of aryl methyl sites for hydroxylation is 2. The summed E-state index contributed by atoms with van der Waals surface area (Å²) in [4.78, 5) is 13.4. The molecule has 0 saturated heterocycles. The van der Waals surface area contributed by atoms with Crippen molar-refractivity contribution >= 4 is 17.3 Å². The highest BCUT2D eigenvalue weighted by atomic mass is 32.1. The van der Waals surface area contributed by atoms with E-state index in [1.54, 1.807) is 11.3 Å². The van der Waals surface area contributed by atoms with Gasteiger partial charge in [-0.15, -0.1) is 11.3 Å². The van der Waals surface area contributed by atoms with E-state index in [1.165, 1.54) is 4.88 Å². The van der Waals surface area contributed by atoms with E-state index in [0.29, 0.717) is 6.42 Å². The minimum Gasteiger partial charge on any atom is -0.481 e. The zero-order valence-corrected chi connectivity index (χ0v) is 11.0. The Hall–Kier alpha value is -0.870. The highest BCUT2D eigenvalue weighted by Gasteiger charge is 2.38. The smallest absolute Gasteiger partial charge is 0.306 e. The second-order valence-corrected chi connectivity index (χ2v) is 6.31. The molecule has 0 amide bonds. The number of carboxylic acids is 1. The Balaban J connectivity index is 2.22. The molecule has 1 saturated carbocycles. The van der Waals surface area contributed by atoms with Gasteiger partial charge in [-0.2, -0.15) is 0 Å². The Kier molecular flexibility index (Phi) is 3.54. The van der Waals surface area contributed by atoms with Crippen LogP contribution in [0.5, 0.6) is 0 Å². The van der Waals surface area contributed by atoms with Crippen LogP contribution in [-0.4, -0.2) is 16.2 Å². The molecule has 94 valence electrons. The summed E-state index contributed by atoms with van der Waals surface area (Å²) in [5, 5.41) is 19.5. The molecule has 17 heavy (non-hydrogen) atoms. The highest BCUT2D eigenvalue weighted by Crippen LogP contribution is 2.42. The standard InChI is InChI=1S/C13H18O3S/c1-7-6-11(8(2)17-7)12(14)9-4-3-5-10(9)13(15)16/h6,9-10,12,14H,3-5H2,1-2H3,(H,15,16). The van der Waals surface area contributed by atoms with Gasteiger partial charge in [0.25, 0.3) is 0 Å². The predicted molar refractivity (Wildman–Crippen MR) is 67.2 cm³/mol. The molecule has 0 bridgehead atoms. The Labute approximate surface area is 105 Å². The van der Waals surface area contributed by atoms with E-state index in [-0.39, 0.29) is 11.8 Å². The second kappa shape index (κ2) is 4.78. The van der Waals surface area contributed by atoms with Gasteiger partial charge >= 0.3 is 5.97 Å². The van der Waals surface area contributed by atoms with Gasteiger partial charge in [0.1, 0.15) is 0 Å². The fourth-order valence-corrected chi connectivity index (χ4v) is 3.81. The van der Waals surface area contributed by atoms with Crippen LogP contribution < -0.4 is 0 Å². The molecule has 0 aromatic carbocycles. The first-order valence-electron chi connectivity index (χ1n) is 5.98. The van der Waals surface area contributed by atoms with Crippen molar-refractivity contribution in [2.45, 2.75) is 39.2 Å². The van der Waals surface area contributed by atoms with Crippen molar-refractivity contribution < 1.29 is 15.0 Å². The summed E-state index contributed by atoms with van der Waals surface area (Å²) in [6.45, 7) is 4.00. The van der Waals surface area contributed by atoms with Crippen molar-refractivity contribution in [3.8, 4) is 0 Å². The number of aliphatic hydroxyl groups is 1. The van der Waals surface area contributed by atoms with Crippen LogP contribution in [0.4, 0.5) is 0 Å². The lowest BCUT2D eigenvalue weighted by atomic mass is 9.87. The molecule has 1 aliphatic carbocycles. The maximum absolute atomic E-state index is 11.1. The zero-order valence-electron chi connectivity index (χ0n) is 10.1. The number of carboxylic acid groups (broad SMARTS) is 1. The molecule has 1 aliphatic rings. The van der Waals surface area contributed by atoms with E-state index in [0.717, 1.165) is 23.3 Å². The first-order valence-corrected chi connectivity index (χ1v) is 6.80. The maximum Gasteiger partial charge on any atom is 0.306 e. The molecule has 1 heterocycles. The molecular formula is C13H18O3S. The normalized spacial score (nSPS) is 26.1. The van der Waals surface area contributed by atoms with Crippen LogP contribution in [0.2, 0.25) is 0 Å². The molecule has 3 nitrogen and oxygen atoms in total. The van der Waals surface area contributed by atoms with Crippen molar-refractivity contribution in [1.29, 1.82) is 0 Å². The lowest BCUT2D eigenvalue weighted by Gasteiger charge is -2.22. The van der Waals surface area contributed by atoms with E-state index in [1.807, 2.05) is 19.9 Å². The first kappa shape index (κ1) is 12.6. The largest absolute Gasteiger partial charge is 0.481 e. The number of thiophene rings is 1. The topological polar surface area (TPSA) is 57.5 Å². The fourth-order valence-electron chi connectivity index (χ4n) is 2.85. The summed E-state index contributed by atoms with van der Waals surface area (Å²) in [5.41, 5.74) is 0.922. The van der Waals surface area contributed by atoms with Gasteiger partial charge in [-0.1, -0.05) is 6.42 Å². The summed E-state index contributed by atoms with van der Waals surface area (Å²) in [7, 11) is 0. The van der Waals surface area contributed by atoms with Crippen molar-refractivity contribution in [1.82, 2.24) is 0 Å². The molecule has 2 N–H and O–H groups in total. The highest BCUT2D eigenvalue weighted by molar-refractivity contribution is 7.12.